The molecule has 0 unspecified atom stereocenters. The van der Waals surface area contributed by atoms with Crippen LogP contribution < -0.4 is 4.90 Å². The average molecular weight is 551 g/mol. The van der Waals surface area contributed by atoms with Crippen molar-refractivity contribution >= 4 is 56.6 Å². The first-order chi connectivity index (χ1) is 16.8. The molecular weight excluding hydrogens is 534 g/mol. The van der Waals surface area contributed by atoms with E-state index < -0.39 is 46.9 Å². The second-order valence-corrected chi connectivity index (χ2v) is 10.3. The number of benzene rings is 3. The predicted octanol–water partition coefficient (Wildman–Crippen LogP) is 5.11. The van der Waals surface area contributed by atoms with Gasteiger partial charge in [-0.3, -0.25) is 19.2 Å². The zero-order valence-electron chi connectivity index (χ0n) is 18.3. The summed E-state index contributed by atoms with van der Waals surface area (Å²) in [5, 5.41) is 0.531. The van der Waals surface area contributed by atoms with E-state index in [0.29, 0.717) is 16.3 Å². The highest BCUT2D eigenvalue weighted by Crippen LogP contribution is 2.57. The summed E-state index contributed by atoms with van der Waals surface area (Å²) in [5.74, 6) is -4.63. The smallest absolute Gasteiger partial charge is 0.241 e. The normalized spacial score (nSPS) is 24.4. The molecule has 8 heteroatoms. The molecule has 6 nitrogen and oxygen atoms in total. The Morgan fingerprint density at radius 3 is 2.11 bits per heavy atom. The Kier molecular flexibility index (Phi) is 4.90. The lowest BCUT2D eigenvalue weighted by Gasteiger charge is -2.27. The van der Waals surface area contributed by atoms with Gasteiger partial charge in [0.1, 0.15) is 0 Å². The molecule has 0 aromatic heterocycles. The molecule has 2 saturated heterocycles. The molecule has 2 fully saturated rings. The quantitative estimate of drug-likeness (QED) is 0.327. The average Bonchev–Trinajstić information content (AvgIpc) is 3.42. The van der Waals surface area contributed by atoms with Crippen molar-refractivity contribution in [2.45, 2.75) is 18.6 Å². The number of hydrogen-bond donors (Lipinski definition) is 0. The number of halogens is 2. The minimum absolute atomic E-state index is 0.200. The van der Waals surface area contributed by atoms with Crippen molar-refractivity contribution in [3.8, 4) is 0 Å². The van der Waals surface area contributed by atoms with Crippen LogP contribution in [0, 0.1) is 18.8 Å². The summed E-state index contributed by atoms with van der Waals surface area (Å²) in [6.07, 6.45) is -0.977. The van der Waals surface area contributed by atoms with Crippen LogP contribution in [-0.4, -0.2) is 29.0 Å². The maximum Gasteiger partial charge on any atom is 0.241 e. The molecule has 0 radical (unpaired) electrons. The Morgan fingerprint density at radius 2 is 1.51 bits per heavy atom. The number of ketones is 2. The Hall–Kier alpha value is -3.13. The van der Waals surface area contributed by atoms with Crippen LogP contribution in [0.1, 0.15) is 37.9 Å². The maximum absolute atomic E-state index is 13.9. The van der Waals surface area contributed by atoms with Crippen LogP contribution in [0.4, 0.5) is 5.69 Å². The molecule has 2 aliphatic heterocycles. The van der Waals surface area contributed by atoms with Gasteiger partial charge in [-0.1, -0.05) is 63.9 Å². The molecular formula is C27H17BrClNO5. The van der Waals surface area contributed by atoms with Crippen LogP contribution in [0.15, 0.2) is 71.2 Å². The molecule has 2 heterocycles. The van der Waals surface area contributed by atoms with Gasteiger partial charge < -0.3 is 4.74 Å². The third-order valence-electron chi connectivity index (χ3n) is 7.11. The molecule has 6 rings (SSSR count). The van der Waals surface area contributed by atoms with Crippen molar-refractivity contribution in [3.05, 3.63) is 98.5 Å². The van der Waals surface area contributed by atoms with Crippen LogP contribution in [0.25, 0.3) is 0 Å². The van der Waals surface area contributed by atoms with Crippen molar-refractivity contribution in [1.82, 2.24) is 0 Å². The van der Waals surface area contributed by atoms with Gasteiger partial charge in [-0.25, -0.2) is 4.90 Å². The number of nitrogens with zero attached hydrogens (tertiary/aromatic N) is 1. The summed E-state index contributed by atoms with van der Waals surface area (Å²) in [7, 11) is 0. The molecule has 3 aliphatic rings. The molecule has 3 aromatic rings. The number of rotatable bonds is 2. The Balaban J connectivity index is 1.55. The Labute approximate surface area is 214 Å². The highest BCUT2D eigenvalue weighted by Gasteiger charge is 2.74. The van der Waals surface area contributed by atoms with Crippen molar-refractivity contribution in [2.75, 3.05) is 4.90 Å². The third kappa shape index (κ3) is 2.92. The SMILES string of the molecule is Cc1cc([C@@H]2OC3(C(=O)c4ccccc4C3=O)[C@H]3C(=O)N(c4ccc(Br)cc4)C(=O)[C@H]23)ccc1Cl. The maximum atomic E-state index is 13.9. The zero-order chi connectivity index (χ0) is 24.6. The fourth-order valence-corrected chi connectivity index (χ4v) is 5.89. The predicted molar refractivity (Wildman–Crippen MR) is 131 cm³/mol. The van der Waals surface area contributed by atoms with Gasteiger partial charge in [0, 0.05) is 20.6 Å². The van der Waals surface area contributed by atoms with Crippen LogP contribution in [0.3, 0.4) is 0 Å². The molecule has 3 aromatic carbocycles. The number of imide groups is 1. The van der Waals surface area contributed by atoms with Gasteiger partial charge in [0.25, 0.3) is 0 Å². The van der Waals surface area contributed by atoms with E-state index in [1.165, 1.54) is 0 Å². The molecule has 0 N–H and O–H groups in total. The van der Waals surface area contributed by atoms with Gasteiger partial charge in [0.2, 0.25) is 29.0 Å². The van der Waals surface area contributed by atoms with Gasteiger partial charge in [0.05, 0.1) is 23.6 Å². The highest BCUT2D eigenvalue weighted by atomic mass is 79.9. The number of ether oxygens (including phenoxy) is 1. The number of Topliss-reactive ketones (excluding diaryl/α,β-unsaturated/α-hetero) is 2. The van der Waals surface area contributed by atoms with E-state index in [2.05, 4.69) is 15.9 Å². The molecule has 174 valence electrons. The number of aryl methyl sites for hydroxylation is 1. The minimum Gasteiger partial charge on any atom is -0.349 e. The summed E-state index contributed by atoms with van der Waals surface area (Å²) >= 11 is 9.57. The molecule has 35 heavy (non-hydrogen) atoms. The zero-order valence-corrected chi connectivity index (χ0v) is 20.7. The lowest BCUT2D eigenvalue weighted by molar-refractivity contribution is -0.127. The van der Waals surface area contributed by atoms with E-state index in [1.54, 1.807) is 66.7 Å². The van der Waals surface area contributed by atoms with Crippen LogP contribution in [-0.2, 0) is 14.3 Å². The first-order valence-corrected chi connectivity index (χ1v) is 12.2. The number of hydrogen-bond acceptors (Lipinski definition) is 5. The monoisotopic (exact) mass is 549 g/mol. The summed E-state index contributed by atoms with van der Waals surface area (Å²) in [5.41, 5.74) is 0.00390. The van der Waals surface area contributed by atoms with Gasteiger partial charge in [-0.05, 0) is 48.4 Å². The Morgan fingerprint density at radius 1 is 0.886 bits per heavy atom. The van der Waals surface area contributed by atoms with Crippen molar-refractivity contribution in [1.29, 1.82) is 0 Å². The summed E-state index contributed by atoms with van der Waals surface area (Å²) in [6.45, 7) is 1.81. The fourth-order valence-electron chi connectivity index (χ4n) is 5.51. The second-order valence-electron chi connectivity index (χ2n) is 8.98. The van der Waals surface area contributed by atoms with Crippen LogP contribution >= 0.6 is 27.5 Å². The molecule has 1 aliphatic carbocycles. The Bertz CT molecular complexity index is 1430. The van der Waals surface area contributed by atoms with Crippen molar-refractivity contribution in [2.24, 2.45) is 11.8 Å². The van der Waals surface area contributed by atoms with E-state index in [1.807, 2.05) is 6.92 Å². The topological polar surface area (TPSA) is 80.8 Å². The summed E-state index contributed by atoms with van der Waals surface area (Å²) < 4.78 is 7.07. The lowest BCUT2D eigenvalue weighted by atomic mass is 9.77. The van der Waals surface area contributed by atoms with Crippen LogP contribution in [0.2, 0.25) is 5.02 Å². The van der Waals surface area contributed by atoms with Gasteiger partial charge in [-0.2, -0.15) is 0 Å². The molecule has 3 atom stereocenters. The number of carbonyl (C=O) groups excluding carboxylic acids is 4. The van der Waals surface area contributed by atoms with E-state index in [9.17, 15) is 19.2 Å². The van der Waals surface area contributed by atoms with Gasteiger partial charge >= 0.3 is 0 Å². The molecule has 1 spiro atoms. The standard InChI is InChI=1S/C27H17BrClNO5/c1-13-12-14(6-11-19(13)29)22-20-21(26(34)30(25(20)33)16-9-7-15(28)8-10-16)27(35-22)23(31)17-4-2-3-5-18(17)24(27)32/h2-12,20-22H,1H3/t20-,21+,22-/m0/s1. The first kappa shape index (κ1) is 22.3. The van der Waals surface area contributed by atoms with E-state index in [-0.39, 0.29) is 11.1 Å². The summed E-state index contributed by atoms with van der Waals surface area (Å²) in [4.78, 5) is 56.3. The van der Waals surface area contributed by atoms with Crippen molar-refractivity contribution in [3.63, 3.8) is 0 Å². The first-order valence-electron chi connectivity index (χ1n) is 11.0. The minimum atomic E-state index is -2.09. The van der Waals surface area contributed by atoms with Gasteiger partial charge in [-0.15, -0.1) is 0 Å². The van der Waals surface area contributed by atoms with E-state index in [0.717, 1.165) is 14.9 Å². The number of anilines is 1. The number of carbonyl (C=O) groups is 4. The highest BCUT2D eigenvalue weighted by molar-refractivity contribution is 9.10. The third-order valence-corrected chi connectivity index (χ3v) is 8.07. The van der Waals surface area contributed by atoms with Gasteiger partial charge in [0.15, 0.2) is 0 Å². The fraction of sp³-hybridized carbons (Fsp3) is 0.185. The lowest BCUT2D eigenvalue weighted by Crippen LogP contribution is -2.51. The largest absolute Gasteiger partial charge is 0.349 e. The summed E-state index contributed by atoms with van der Waals surface area (Å²) in [6, 6.07) is 18.3. The second kappa shape index (κ2) is 7.68. The molecule has 0 bridgehead atoms. The molecule has 2 amide bonds. The number of fused-ring (bicyclic) bond motifs is 3. The van der Waals surface area contributed by atoms with E-state index >= 15 is 0 Å². The van der Waals surface area contributed by atoms with E-state index in [4.69, 9.17) is 16.3 Å². The van der Waals surface area contributed by atoms with Crippen LogP contribution in [0.5, 0.6) is 0 Å². The van der Waals surface area contributed by atoms with Crippen molar-refractivity contribution < 1.29 is 23.9 Å². The molecule has 0 saturated carbocycles. The number of amides is 2.